The van der Waals surface area contributed by atoms with Crippen LogP contribution in [-0.2, 0) is 4.79 Å². The van der Waals surface area contributed by atoms with Crippen LogP contribution in [0.3, 0.4) is 0 Å². The molecular formula is C20H23N3O3. The van der Waals surface area contributed by atoms with Gasteiger partial charge in [-0.3, -0.25) is 9.59 Å². The number of aromatic nitrogens is 2. The molecule has 4 rings (SSSR count). The zero-order valence-corrected chi connectivity index (χ0v) is 15.0. The summed E-state index contributed by atoms with van der Waals surface area (Å²) < 4.78 is 0. The first-order valence-corrected chi connectivity index (χ1v) is 9.16. The molecule has 0 unspecified atom stereocenters. The second-order valence-corrected chi connectivity index (χ2v) is 7.40. The standard InChI is InChI=1S/C20H23N3O3/c1-3-20(19(25)26)11-14-9-10-15(20)23(14)18(24)16-12(2)21-17(22-16)13-7-5-4-6-8-13/h4-8,14-15H,3,9-11H2,1-2H3,(H,21,22)(H,25,26)/t14-,15+,20+/m0/s1. The van der Waals surface area contributed by atoms with E-state index in [0.717, 1.165) is 24.1 Å². The molecule has 0 aliphatic carbocycles. The van der Waals surface area contributed by atoms with Crippen molar-refractivity contribution in [1.82, 2.24) is 14.9 Å². The molecule has 3 atom stereocenters. The molecule has 2 aliphatic heterocycles. The average molecular weight is 353 g/mol. The Labute approximate surface area is 152 Å². The summed E-state index contributed by atoms with van der Waals surface area (Å²) in [6, 6.07) is 9.44. The molecule has 136 valence electrons. The van der Waals surface area contributed by atoms with E-state index in [0.29, 0.717) is 24.4 Å². The highest BCUT2D eigenvalue weighted by Gasteiger charge is 2.60. The second kappa shape index (κ2) is 5.97. The molecule has 26 heavy (non-hydrogen) atoms. The third kappa shape index (κ3) is 2.28. The molecule has 2 aliphatic rings. The number of carboxylic acid groups (broad SMARTS) is 1. The predicted octanol–water partition coefficient (Wildman–Crippen LogP) is 3.24. The number of hydrogen-bond donors (Lipinski definition) is 2. The van der Waals surface area contributed by atoms with Crippen LogP contribution in [0.25, 0.3) is 11.4 Å². The maximum absolute atomic E-state index is 13.3. The van der Waals surface area contributed by atoms with E-state index in [1.807, 2.05) is 44.2 Å². The van der Waals surface area contributed by atoms with E-state index >= 15 is 0 Å². The number of carbonyl (C=O) groups excluding carboxylic acids is 1. The highest BCUT2D eigenvalue weighted by atomic mass is 16.4. The van der Waals surface area contributed by atoms with Crippen LogP contribution in [-0.4, -0.2) is 43.9 Å². The van der Waals surface area contributed by atoms with Gasteiger partial charge in [0.1, 0.15) is 11.5 Å². The van der Waals surface area contributed by atoms with Crippen molar-refractivity contribution >= 4 is 11.9 Å². The van der Waals surface area contributed by atoms with E-state index in [9.17, 15) is 14.7 Å². The molecule has 3 heterocycles. The van der Waals surface area contributed by atoms with Gasteiger partial charge < -0.3 is 15.0 Å². The van der Waals surface area contributed by atoms with Gasteiger partial charge in [-0.25, -0.2) is 4.98 Å². The van der Waals surface area contributed by atoms with Crippen LogP contribution in [0.1, 0.15) is 48.8 Å². The van der Waals surface area contributed by atoms with E-state index in [-0.39, 0.29) is 18.0 Å². The van der Waals surface area contributed by atoms with Crippen LogP contribution in [0.2, 0.25) is 0 Å². The van der Waals surface area contributed by atoms with Crippen molar-refractivity contribution in [3.8, 4) is 11.4 Å². The van der Waals surface area contributed by atoms with Crippen LogP contribution in [0.5, 0.6) is 0 Å². The number of benzene rings is 1. The number of carbonyl (C=O) groups is 2. The third-order valence-corrected chi connectivity index (χ3v) is 6.17. The first-order chi connectivity index (χ1) is 12.5. The van der Waals surface area contributed by atoms with Gasteiger partial charge in [0.25, 0.3) is 5.91 Å². The van der Waals surface area contributed by atoms with Crippen LogP contribution in [0.4, 0.5) is 0 Å². The van der Waals surface area contributed by atoms with E-state index in [1.165, 1.54) is 0 Å². The lowest BCUT2D eigenvalue weighted by molar-refractivity contribution is -0.151. The Balaban J connectivity index is 1.67. The maximum Gasteiger partial charge on any atom is 0.311 e. The quantitative estimate of drug-likeness (QED) is 0.883. The Bertz CT molecular complexity index is 860. The average Bonchev–Trinajstić information content (AvgIpc) is 3.33. The fourth-order valence-electron chi connectivity index (χ4n) is 4.77. The Morgan fingerprint density at radius 2 is 2.04 bits per heavy atom. The van der Waals surface area contributed by atoms with E-state index in [4.69, 9.17) is 0 Å². The number of carboxylic acids is 1. The lowest BCUT2D eigenvalue weighted by Gasteiger charge is -2.32. The number of rotatable bonds is 4. The minimum absolute atomic E-state index is 0.000162. The number of H-pyrrole nitrogens is 1. The van der Waals surface area contributed by atoms with Gasteiger partial charge in [-0.15, -0.1) is 0 Å². The van der Waals surface area contributed by atoms with Crippen molar-refractivity contribution in [1.29, 1.82) is 0 Å². The summed E-state index contributed by atoms with van der Waals surface area (Å²) in [6.45, 7) is 3.75. The predicted molar refractivity (Wildman–Crippen MR) is 96.7 cm³/mol. The summed E-state index contributed by atoms with van der Waals surface area (Å²) in [5.41, 5.74) is 1.23. The van der Waals surface area contributed by atoms with Crippen molar-refractivity contribution < 1.29 is 14.7 Å². The van der Waals surface area contributed by atoms with Gasteiger partial charge in [-0.05, 0) is 32.6 Å². The lowest BCUT2D eigenvalue weighted by atomic mass is 9.72. The molecule has 1 amide bonds. The molecule has 2 aromatic rings. The summed E-state index contributed by atoms with van der Waals surface area (Å²) in [7, 11) is 0. The van der Waals surface area contributed by atoms with Crippen molar-refractivity contribution in [3.63, 3.8) is 0 Å². The number of amides is 1. The van der Waals surface area contributed by atoms with Gasteiger partial charge in [0.15, 0.2) is 0 Å². The molecule has 1 aromatic heterocycles. The summed E-state index contributed by atoms with van der Waals surface area (Å²) in [6.07, 6.45) is 2.72. The molecule has 2 N–H and O–H groups in total. The van der Waals surface area contributed by atoms with Gasteiger partial charge >= 0.3 is 5.97 Å². The number of imidazole rings is 1. The number of aromatic amines is 1. The maximum atomic E-state index is 13.3. The molecule has 6 nitrogen and oxygen atoms in total. The monoisotopic (exact) mass is 353 g/mol. The summed E-state index contributed by atoms with van der Waals surface area (Å²) in [5.74, 6) is -0.267. The minimum Gasteiger partial charge on any atom is -0.481 e. The second-order valence-electron chi connectivity index (χ2n) is 7.40. The molecule has 6 heteroatoms. The lowest BCUT2D eigenvalue weighted by Crippen LogP contribution is -2.45. The third-order valence-electron chi connectivity index (χ3n) is 6.17. The topological polar surface area (TPSA) is 86.3 Å². The highest BCUT2D eigenvalue weighted by Crippen LogP contribution is 2.52. The van der Waals surface area contributed by atoms with E-state index < -0.39 is 11.4 Å². The molecule has 2 saturated heterocycles. The fraction of sp³-hybridized carbons (Fsp3) is 0.450. The fourth-order valence-corrected chi connectivity index (χ4v) is 4.77. The van der Waals surface area contributed by atoms with Crippen molar-refractivity contribution in [2.24, 2.45) is 5.41 Å². The zero-order valence-electron chi connectivity index (χ0n) is 15.0. The first kappa shape index (κ1) is 16.8. The molecule has 0 spiro atoms. The number of aryl methyl sites for hydroxylation is 1. The Kier molecular flexibility index (Phi) is 3.86. The van der Waals surface area contributed by atoms with E-state index in [2.05, 4.69) is 9.97 Å². The molecule has 2 fully saturated rings. The minimum atomic E-state index is -0.814. The molecule has 0 radical (unpaired) electrons. The Hall–Kier alpha value is -2.63. The van der Waals surface area contributed by atoms with Crippen molar-refractivity contribution in [3.05, 3.63) is 41.7 Å². The Morgan fingerprint density at radius 1 is 1.31 bits per heavy atom. The smallest absolute Gasteiger partial charge is 0.311 e. The number of hydrogen-bond acceptors (Lipinski definition) is 3. The normalized spacial score (nSPS) is 27.1. The highest BCUT2D eigenvalue weighted by molar-refractivity contribution is 5.96. The van der Waals surface area contributed by atoms with E-state index in [1.54, 1.807) is 4.90 Å². The van der Waals surface area contributed by atoms with Crippen molar-refractivity contribution in [2.45, 2.75) is 51.6 Å². The van der Waals surface area contributed by atoms with Crippen LogP contribution >= 0.6 is 0 Å². The molecule has 1 aromatic carbocycles. The van der Waals surface area contributed by atoms with Crippen LogP contribution < -0.4 is 0 Å². The SMILES string of the molecule is CC[C@@]1(C(=O)O)C[C@@H]2CC[C@H]1N2C(=O)c1nc(-c2ccccc2)[nH]c1C. The Morgan fingerprint density at radius 3 is 2.65 bits per heavy atom. The number of nitrogens with zero attached hydrogens (tertiary/aromatic N) is 2. The summed E-state index contributed by atoms with van der Waals surface area (Å²) in [5, 5.41) is 9.80. The molecular weight excluding hydrogens is 330 g/mol. The first-order valence-electron chi connectivity index (χ1n) is 9.16. The molecule has 2 bridgehead atoms. The summed E-state index contributed by atoms with van der Waals surface area (Å²) in [4.78, 5) is 34.7. The van der Waals surface area contributed by atoms with Crippen LogP contribution in [0, 0.1) is 12.3 Å². The van der Waals surface area contributed by atoms with Gasteiger partial charge in [0.05, 0.1) is 5.41 Å². The molecule has 0 saturated carbocycles. The van der Waals surface area contributed by atoms with Gasteiger partial charge in [-0.1, -0.05) is 37.3 Å². The van der Waals surface area contributed by atoms with Gasteiger partial charge in [0.2, 0.25) is 0 Å². The summed E-state index contributed by atoms with van der Waals surface area (Å²) >= 11 is 0. The van der Waals surface area contributed by atoms with Gasteiger partial charge in [0, 0.05) is 23.3 Å². The number of fused-ring (bicyclic) bond motifs is 2. The largest absolute Gasteiger partial charge is 0.481 e. The van der Waals surface area contributed by atoms with Crippen LogP contribution in [0.15, 0.2) is 30.3 Å². The number of nitrogens with one attached hydrogen (secondary N) is 1. The zero-order chi connectivity index (χ0) is 18.5. The van der Waals surface area contributed by atoms with Crippen molar-refractivity contribution in [2.75, 3.05) is 0 Å². The number of aliphatic carboxylic acids is 1. The van der Waals surface area contributed by atoms with Gasteiger partial charge in [-0.2, -0.15) is 0 Å².